The molecule has 32 heavy (non-hydrogen) atoms. The van der Waals surface area contributed by atoms with E-state index in [2.05, 4.69) is 10.0 Å². The zero-order valence-electron chi connectivity index (χ0n) is 17.1. The highest BCUT2D eigenvalue weighted by molar-refractivity contribution is 7.90. The third kappa shape index (κ3) is 4.06. The lowest BCUT2D eigenvalue weighted by molar-refractivity contribution is -0.114. The van der Waals surface area contributed by atoms with Crippen molar-refractivity contribution in [1.82, 2.24) is 9.29 Å². The van der Waals surface area contributed by atoms with Crippen LogP contribution in [0.1, 0.15) is 17.4 Å². The Labute approximate surface area is 184 Å². The largest absolute Gasteiger partial charge is 0.397 e. The summed E-state index contributed by atoms with van der Waals surface area (Å²) in [7, 11) is -4.08. The number of hydrogen-bond donors (Lipinski definition) is 3. The van der Waals surface area contributed by atoms with Crippen LogP contribution in [0.4, 0.5) is 11.4 Å². The molecule has 0 fully saturated rings. The SMILES string of the molecule is CC(=O)Nc1cccc(-n2c(C(=O)NS(=O)(=O)c3ccccc3)cc3cccc(N)c32)c1. The summed E-state index contributed by atoms with van der Waals surface area (Å²) in [5, 5.41) is 3.36. The van der Waals surface area contributed by atoms with E-state index in [9.17, 15) is 18.0 Å². The molecule has 0 aliphatic carbocycles. The maximum absolute atomic E-state index is 13.1. The van der Waals surface area contributed by atoms with Gasteiger partial charge in [0, 0.05) is 23.7 Å². The Kier molecular flexibility index (Phi) is 5.41. The van der Waals surface area contributed by atoms with E-state index in [0.29, 0.717) is 28.0 Å². The lowest BCUT2D eigenvalue weighted by Gasteiger charge is -2.14. The number of carbonyl (C=O) groups excluding carboxylic acids is 2. The van der Waals surface area contributed by atoms with Crippen molar-refractivity contribution >= 4 is 44.1 Å². The van der Waals surface area contributed by atoms with Crippen LogP contribution in [0.2, 0.25) is 0 Å². The van der Waals surface area contributed by atoms with E-state index in [1.807, 2.05) is 0 Å². The molecule has 4 rings (SSSR count). The van der Waals surface area contributed by atoms with Gasteiger partial charge in [-0.2, -0.15) is 0 Å². The van der Waals surface area contributed by atoms with Gasteiger partial charge in [0.2, 0.25) is 5.91 Å². The molecule has 0 unspecified atom stereocenters. The zero-order chi connectivity index (χ0) is 22.9. The van der Waals surface area contributed by atoms with Crippen LogP contribution in [-0.4, -0.2) is 24.8 Å². The number of carbonyl (C=O) groups is 2. The molecule has 0 bridgehead atoms. The lowest BCUT2D eigenvalue weighted by atomic mass is 10.2. The number of rotatable bonds is 5. The average molecular weight is 449 g/mol. The van der Waals surface area contributed by atoms with E-state index in [-0.39, 0.29) is 16.5 Å². The molecule has 162 valence electrons. The molecular formula is C23H20N4O4S. The molecule has 3 aromatic carbocycles. The molecule has 9 heteroatoms. The highest BCUT2D eigenvalue weighted by Crippen LogP contribution is 2.30. The van der Waals surface area contributed by atoms with Gasteiger partial charge in [0.05, 0.1) is 16.1 Å². The molecule has 8 nitrogen and oxygen atoms in total. The molecule has 0 saturated carbocycles. The number of fused-ring (bicyclic) bond motifs is 1. The van der Waals surface area contributed by atoms with Gasteiger partial charge in [-0.25, -0.2) is 13.1 Å². The summed E-state index contributed by atoms with van der Waals surface area (Å²) in [5.41, 5.74) is 8.31. The number of sulfonamides is 1. The van der Waals surface area contributed by atoms with E-state index in [0.717, 1.165) is 0 Å². The average Bonchev–Trinajstić information content (AvgIpc) is 3.15. The monoisotopic (exact) mass is 448 g/mol. The van der Waals surface area contributed by atoms with Crippen molar-refractivity contribution in [3.05, 3.63) is 84.6 Å². The minimum atomic E-state index is -4.08. The number of nitrogens with two attached hydrogens (primary N) is 1. The highest BCUT2D eigenvalue weighted by atomic mass is 32.2. The van der Waals surface area contributed by atoms with Gasteiger partial charge in [-0.05, 0) is 42.5 Å². The van der Waals surface area contributed by atoms with E-state index >= 15 is 0 Å². The van der Waals surface area contributed by atoms with E-state index in [1.54, 1.807) is 71.3 Å². The maximum Gasteiger partial charge on any atom is 0.282 e. The summed E-state index contributed by atoms with van der Waals surface area (Å²) in [6.07, 6.45) is 0. The minimum Gasteiger partial charge on any atom is -0.397 e. The Morgan fingerprint density at radius 2 is 1.62 bits per heavy atom. The first-order chi connectivity index (χ1) is 15.3. The predicted octanol–water partition coefficient (Wildman–Crippen LogP) is 3.29. The quantitative estimate of drug-likeness (QED) is 0.404. The van der Waals surface area contributed by atoms with Crippen molar-refractivity contribution in [3.63, 3.8) is 0 Å². The number of nitrogen functional groups attached to an aromatic ring is 1. The molecule has 4 aromatic rings. The lowest BCUT2D eigenvalue weighted by Crippen LogP contribution is -2.32. The Morgan fingerprint density at radius 3 is 2.34 bits per heavy atom. The van der Waals surface area contributed by atoms with Gasteiger partial charge >= 0.3 is 0 Å². The molecule has 1 aromatic heterocycles. The van der Waals surface area contributed by atoms with Crippen LogP contribution < -0.4 is 15.8 Å². The summed E-state index contributed by atoms with van der Waals surface area (Å²) in [6, 6.07) is 21.3. The van der Waals surface area contributed by atoms with Crippen molar-refractivity contribution < 1.29 is 18.0 Å². The fraction of sp³-hybridized carbons (Fsp3) is 0.0435. The van der Waals surface area contributed by atoms with Gasteiger partial charge in [-0.1, -0.05) is 36.4 Å². The molecule has 4 N–H and O–H groups in total. The number of benzene rings is 3. The van der Waals surface area contributed by atoms with Crippen LogP contribution >= 0.6 is 0 Å². The second-order valence-corrected chi connectivity index (χ2v) is 8.81. The summed E-state index contributed by atoms with van der Waals surface area (Å²) < 4.78 is 29.1. The van der Waals surface area contributed by atoms with Gasteiger partial charge in [0.1, 0.15) is 5.69 Å². The van der Waals surface area contributed by atoms with Crippen LogP contribution in [0, 0.1) is 0 Å². The van der Waals surface area contributed by atoms with Gasteiger partial charge < -0.3 is 15.6 Å². The zero-order valence-corrected chi connectivity index (χ0v) is 17.9. The summed E-state index contributed by atoms with van der Waals surface area (Å²) >= 11 is 0. The van der Waals surface area contributed by atoms with Gasteiger partial charge in [-0.15, -0.1) is 0 Å². The fourth-order valence-corrected chi connectivity index (χ4v) is 4.46. The molecule has 0 spiro atoms. The first-order valence-electron chi connectivity index (χ1n) is 9.66. The second kappa shape index (κ2) is 8.20. The van der Waals surface area contributed by atoms with Gasteiger partial charge in [-0.3, -0.25) is 9.59 Å². The van der Waals surface area contributed by atoms with Crippen LogP contribution in [0.25, 0.3) is 16.6 Å². The Bertz CT molecular complexity index is 1440. The molecule has 2 amide bonds. The summed E-state index contributed by atoms with van der Waals surface area (Å²) in [6.45, 7) is 1.39. The third-order valence-corrected chi connectivity index (χ3v) is 6.14. The van der Waals surface area contributed by atoms with Crippen molar-refractivity contribution in [1.29, 1.82) is 0 Å². The number of aromatic nitrogens is 1. The molecule has 1 heterocycles. The molecular weight excluding hydrogens is 428 g/mol. The van der Waals surface area contributed by atoms with Crippen molar-refractivity contribution in [2.45, 2.75) is 11.8 Å². The smallest absolute Gasteiger partial charge is 0.282 e. The number of anilines is 2. The van der Waals surface area contributed by atoms with Gasteiger partial charge in [0.15, 0.2) is 0 Å². The standard InChI is InChI=1S/C23H20N4O4S/c1-15(28)25-17-8-6-9-18(14-17)27-21(13-16-7-5-12-20(24)22(16)27)23(29)26-32(30,31)19-10-3-2-4-11-19/h2-14H,24H2,1H3,(H,25,28)(H,26,29). The minimum absolute atomic E-state index is 0.0248. The van der Waals surface area contributed by atoms with Crippen LogP contribution in [0.5, 0.6) is 0 Å². The first-order valence-corrected chi connectivity index (χ1v) is 11.1. The van der Waals surface area contributed by atoms with Crippen LogP contribution in [-0.2, 0) is 14.8 Å². The molecule has 0 aliphatic heterocycles. The number of nitrogens with one attached hydrogen (secondary N) is 2. The Morgan fingerprint density at radius 1 is 0.906 bits per heavy atom. The van der Waals surface area contributed by atoms with Crippen molar-refractivity contribution in [2.24, 2.45) is 0 Å². The first kappa shape index (κ1) is 21.1. The number of nitrogens with zero attached hydrogens (tertiary/aromatic N) is 1. The molecule has 0 radical (unpaired) electrons. The van der Waals surface area contributed by atoms with E-state index in [4.69, 9.17) is 5.73 Å². The van der Waals surface area contributed by atoms with E-state index in [1.165, 1.54) is 19.1 Å². The Hall–Kier alpha value is -4.11. The molecule has 0 aliphatic rings. The number of amides is 2. The highest BCUT2D eigenvalue weighted by Gasteiger charge is 2.24. The number of hydrogen-bond acceptors (Lipinski definition) is 5. The molecule has 0 saturated heterocycles. The van der Waals surface area contributed by atoms with Crippen LogP contribution in [0.3, 0.4) is 0 Å². The van der Waals surface area contributed by atoms with Gasteiger partial charge in [0.25, 0.3) is 15.9 Å². The fourth-order valence-electron chi connectivity index (χ4n) is 3.48. The van der Waals surface area contributed by atoms with Crippen molar-refractivity contribution in [2.75, 3.05) is 11.1 Å². The Balaban J connectivity index is 1.85. The molecule has 0 atom stereocenters. The number of para-hydroxylation sites is 1. The topological polar surface area (TPSA) is 123 Å². The normalized spacial score (nSPS) is 11.3. The van der Waals surface area contributed by atoms with Crippen LogP contribution in [0.15, 0.2) is 83.8 Å². The predicted molar refractivity (Wildman–Crippen MR) is 123 cm³/mol. The summed E-state index contributed by atoms with van der Waals surface area (Å²) in [5.74, 6) is -1.06. The summed E-state index contributed by atoms with van der Waals surface area (Å²) in [4.78, 5) is 24.6. The van der Waals surface area contributed by atoms with Crippen molar-refractivity contribution in [3.8, 4) is 5.69 Å². The third-order valence-electron chi connectivity index (χ3n) is 4.79. The van der Waals surface area contributed by atoms with E-state index < -0.39 is 15.9 Å². The maximum atomic E-state index is 13.1. The second-order valence-electron chi connectivity index (χ2n) is 7.13.